The predicted molar refractivity (Wildman–Crippen MR) is 77.2 cm³/mol. The van der Waals surface area contributed by atoms with E-state index >= 15 is 0 Å². The Morgan fingerprint density at radius 2 is 2.26 bits per heavy atom. The SMILES string of the molecule is Cc1nccn1CCOc1ccc(Br)cc1[C@@H](C)O. The van der Waals surface area contributed by atoms with E-state index in [9.17, 15) is 5.11 Å². The van der Waals surface area contributed by atoms with Crippen molar-refractivity contribution in [3.8, 4) is 5.75 Å². The highest BCUT2D eigenvalue weighted by molar-refractivity contribution is 9.10. The smallest absolute Gasteiger partial charge is 0.125 e. The van der Waals surface area contributed by atoms with Crippen LogP contribution in [0.25, 0.3) is 0 Å². The fraction of sp³-hybridized carbons (Fsp3) is 0.357. The molecule has 1 atom stereocenters. The lowest BCUT2D eigenvalue weighted by Gasteiger charge is -2.14. The fourth-order valence-corrected chi connectivity index (χ4v) is 2.25. The first-order chi connectivity index (χ1) is 9.08. The molecule has 0 amide bonds. The monoisotopic (exact) mass is 324 g/mol. The zero-order valence-electron chi connectivity index (χ0n) is 11.0. The Hall–Kier alpha value is -1.33. The van der Waals surface area contributed by atoms with Crippen molar-refractivity contribution in [1.29, 1.82) is 0 Å². The van der Waals surface area contributed by atoms with Crippen LogP contribution in [0.2, 0.25) is 0 Å². The van der Waals surface area contributed by atoms with Gasteiger partial charge < -0.3 is 14.4 Å². The lowest BCUT2D eigenvalue weighted by Crippen LogP contribution is -2.10. The molecule has 1 heterocycles. The molecule has 0 aliphatic heterocycles. The van der Waals surface area contributed by atoms with Gasteiger partial charge in [0.2, 0.25) is 0 Å². The molecule has 0 fully saturated rings. The van der Waals surface area contributed by atoms with E-state index in [0.29, 0.717) is 6.61 Å². The maximum Gasteiger partial charge on any atom is 0.125 e. The van der Waals surface area contributed by atoms with Crippen LogP contribution >= 0.6 is 15.9 Å². The first-order valence-corrected chi connectivity index (χ1v) is 6.95. The van der Waals surface area contributed by atoms with E-state index in [-0.39, 0.29) is 0 Å². The summed E-state index contributed by atoms with van der Waals surface area (Å²) in [6.07, 6.45) is 3.15. The topological polar surface area (TPSA) is 47.3 Å². The summed E-state index contributed by atoms with van der Waals surface area (Å²) in [6, 6.07) is 5.65. The minimum atomic E-state index is -0.553. The van der Waals surface area contributed by atoms with Gasteiger partial charge in [-0.05, 0) is 32.0 Å². The minimum absolute atomic E-state index is 0.540. The van der Waals surface area contributed by atoms with Crippen molar-refractivity contribution >= 4 is 15.9 Å². The van der Waals surface area contributed by atoms with E-state index in [0.717, 1.165) is 28.2 Å². The first kappa shape index (κ1) is 14.1. The molecule has 1 aromatic heterocycles. The van der Waals surface area contributed by atoms with Crippen molar-refractivity contribution in [1.82, 2.24) is 9.55 Å². The highest BCUT2D eigenvalue weighted by Gasteiger charge is 2.10. The van der Waals surface area contributed by atoms with Crippen molar-refractivity contribution in [3.63, 3.8) is 0 Å². The second-order valence-electron chi connectivity index (χ2n) is 4.37. The van der Waals surface area contributed by atoms with Gasteiger partial charge in [-0.15, -0.1) is 0 Å². The number of hydrogen-bond acceptors (Lipinski definition) is 3. The summed E-state index contributed by atoms with van der Waals surface area (Å²) >= 11 is 3.39. The number of hydrogen-bond donors (Lipinski definition) is 1. The summed E-state index contributed by atoms with van der Waals surface area (Å²) in [5.41, 5.74) is 0.789. The van der Waals surface area contributed by atoms with E-state index < -0.39 is 6.10 Å². The molecule has 19 heavy (non-hydrogen) atoms. The van der Waals surface area contributed by atoms with Crippen LogP contribution < -0.4 is 4.74 Å². The van der Waals surface area contributed by atoms with Gasteiger partial charge in [0.15, 0.2) is 0 Å². The van der Waals surface area contributed by atoms with E-state index in [4.69, 9.17) is 4.74 Å². The molecule has 0 aliphatic rings. The normalized spacial score (nSPS) is 12.4. The third-order valence-electron chi connectivity index (χ3n) is 2.94. The number of rotatable bonds is 5. The Bertz CT molecular complexity index is 552. The quantitative estimate of drug-likeness (QED) is 0.919. The number of ether oxygens (including phenoxy) is 1. The van der Waals surface area contributed by atoms with Crippen LogP contribution in [0, 0.1) is 6.92 Å². The number of aromatic nitrogens is 2. The minimum Gasteiger partial charge on any atom is -0.491 e. The summed E-state index contributed by atoms with van der Waals surface area (Å²) in [5, 5.41) is 9.74. The number of nitrogens with zero attached hydrogens (tertiary/aromatic N) is 2. The van der Waals surface area contributed by atoms with E-state index in [1.54, 1.807) is 13.1 Å². The average molecular weight is 325 g/mol. The average Bonchev–Trinajstić information content (AvgIpc) is 2.77. The molecular formula is C14H17BrN2O2. The fourth-order valence-electron chi connectivity index (χ4n) is 1.87. The molecular weight excluding hydrogens is 308 g/mol. The van der Waals surface area contributed by atoms with Gasteiger partial charge >= 0.3 is 0 Å². The molecule has 2 aromatic rings. The molecule has 1 N–H and O–H groups in total. The molecule has 0 spiro atoms. The molecule has 4 nitrogen and oxygen atoms in total. The predicted octanol–water partition coefficient (Wildman–Crippen LogP) is 3.09. The molecule has 0 unspecified atom stereocenters. The summed E-state index contributed by atoms with van der Waals surface area (Å²) in [6.45, 7) is 4.97. The van der Waals surface area contributed by atoms with Crippen molar-refractivity contribution in [2.45, 2.75) is 26.5 Å². The Labute approximate surface area is 121 Å². The highest BCUT2D eigenvalue weighted by Crippen LogP contribution is 2.28. The van der Waals surface area contributed by atoms with Crippen LogP contribution in [0.4, 0.5) is 0 Å². The summed E-state index contributed by atoms with van der Waals surface area (Å²) in [7, 11) is 0. The maximum absolute atomic E-state index is 9.74. The number of aliphatic hydroxyl groups excluding tert-OH is 1. The summed E-state index contributed by atoms with van der Waals surface area (Å²) in [5.74, 6) is 1.69. The van der Waals surface area contributed by atoms with E-state index in [1.165, 1.54) is 0 Å². The molecule has 2 rings (SSSR count). The van der Waals surface area contributed by atoms with Gasteiger partial charge in [0.25, 0.3) is 0 Å². The molecule has 0 saturated carbocycles. The number of benzene rings is 1. The lowest BCUT2D eigenvalue weighted by atomic mass is 10.1. The number of imidazole rings is 1. The number of halogens is 1. The van der Waals surface area contributed by atoms with Crippen molar-refractivity contribution in [2.75, 3.05) is 6.61 Å². The second-order valence-corrected chi connectivity index (χ2v) is 5.29. The van der Waals surface area contributed by atoms with Crippen molar-refractivity contribution in [3.05, 3.63) is 46.5 Å². The van der Waals surface area contributed by atoms with E-state index in [1.807, 2.05) is 35.9 Å². The van der Waals surface area contributed by atoms with Crippen LogP contribution in [-0.2, 0) is 6.54 Å². The van der Waals surface area contributed by atoms with Crippen LogP contribution in [0.5, 0.6) is 5.75 Å². The van der Waals surface area contributed by atoms with Gasteiger partial charge in [-0.25, -0.2) is 4.98 Å². The molecule has 0 saturated heterocycles. The maximum atomic E-state index is 9.74. The zero-order valence-corrected chi connectivity index (χ0v) is 12.6. The van der Waals surface area contributed by atoms with Gasteiger partial charge in [0, 0.05) is 22.4 Å². The molecule has 5 heteroatoms. The van der Waals surface area contributed by atoms with Gasteiger partial charge in [-0.2, -0.15) is 0 Å². The number of aliphatic hydroxyl groups is 1. The van der Waals surface area contributed by atoms with Crippen molar-refractivity contribution in [2.24, 2.45) is 0 Å². The lowest BCUT2D eigenvalue weighted by molar-refractivity contribution is 0.190. The Kier molecular flexibility index (Phi) is 4.61. The molecule has 0 bridgehead atoms. The van der Waals surface area contributed by atoms with Crippen LogP contribution in [-0.4, -0.2) is 21.3 Å². The molecule has 0 aliphatic carbocycles. The van der Waals surface area contributed by atoms with Crippen LogP contribution in [0.15, 0.2) is 35.1 Å². The van der Waals surface area contributed by atoms with E-state index in [2.05, 4.69) is 20.9 Å². The van der Waals surface area contributed by atoms with Crippen LogP contribution in [0.1, 0.15) is 24.4 Å². The molecule has 0 radical (unpaired) electrons. The number of aryl methyl sites for hydroxylation is 1. The third-order valence-corrected chi connectivity index (χ3v) is 3.43. The Morgan fingerprint density at radius 1 is 1.47 bits per heavy atom. The van der Waals surface area contributed by atoms with Gasteiger partial charge in [0.05, 0.1) is 12.6 Å². The van der Waals surface area contributed by atoms with Gasteiger partial charge in [-0.3, -0.25) is 0 Å². The molecule has 102 valence electrons. The summed E-state index contributed by atoms with van der Waals surface area (Å²) < 4.78 is 8.71. The highest BCUT2D eigenvalue weighted by atomic mass is 79.9. The Balaban J connectivity index is 2.01. The molecule has 1 aromatic carbocycles. The van der Waals surface area contributed by atoms with Crippen molar-refractivity contribution < 1.29 is 9.84 Å². The van der Waals surface area contributed by atoms with Gasteiger partial charge in [-0.1, -0.05) is 15.9 Å². The third kappa shape index (κ3) is 3.58. The standard InChI is InChI=1S/C14H17BrN2O2/c1-10(18)13-9-12(15)3-4-14(13)19-8-7-17-6-5-16-11(17)2/h3-6,9-10,18H,7-8H2,1-2H3/t10-/m1/s1. The van der Waals surface area contributed by atoms with Crippen LogP contribution in [0.3, 0.4) is 0 Å². The first-order valence-electron chi connectivity index (χ1n) is 6.16. The zero-order chi connectivity index (χ0) is 13.8. The largest absolute Gasteiger partial charge is 0.491 e. The Morgan fingerprint density at radius 3 is 2.89 bits per heavy atom. The van der Waals surface area contributed by atoms with Gasteiger partial charge in [0.1, 0.15) is 18.2 Å². The second kappa shape index (κ2) is 6.21. The summed E-state index contributed by atoms with van der Waals surface area (Å²) in [4.78, 5) is 4.16.